The van der Waals surface area contributed by atoms with Crippen molar-refractivity contribution in [1.29, 1.82) is 0 Å². The number of hydrogen-bond acceptors (Lipinski definition) is 4. The first-order valence-corrected chi connectivity index (χ1v) is 12.5. The molecule has 0 aromatic heterocycles. The van der Waals surface area contributed by atoms with Crippen molar-refractivity contribution < 1.29 is 24.2 Å². The molecule has 1 saturated carbocycles. The SMILES string of the molecule is CC(CCCNC(=O)C1(CNC(=O)OCC2c3ccccc3-c3ccccc32)CCCC1)C(=O)O. The van der Waals surface area contributed by atoms with Gasteiger partial charge in [-0.3, -0.25) is 9.59 Å². The van der Waals surface area contributed by atoms with Crippen LogP contribution < -0.4 is 10.6 Å². The molecule has 1 fully saturated rings. The number of carbonyl (C=O) groups excluding carboxylic acids is 2. The zero-order valence-electron chi connectivity index (χ0n) is 20.2. The number of alkyl carbamates (subject to hydrolysis) is 1. The second kappa shape index (κ2) is 10.9. The van der Waals surface area contributed by atoms with E-state index in [1.807, 2.05) is 24.3 Å². The van der Waals surface area contributed by atoms with Gasteiger partial charge < -0.3 is 20.5 Å². The molecule has 2 amide bonds. The van der Waals surface area contributed by atoms with E-state index in [-0.39, 0.29) is 25.0 Å². The molecule has 35 heavy (non-hydrogen) atoms. The van der Waals surface area contributed by atoms with Crippen LogP contribution in [0.2, 0.25) is 0 Å². The molecule has 3 N–H and O–H groups in total. The van der Waals surface area contributed by atoms with Crippen LogP contribution in [0.3, 0.4) is 0 Å². The first-order chi connectivity index (χ1) is 16.9. The lowest BCUT2D eigenvalue weighted by Gasteiger charge is -2.28. The van der Waals surface area contributed by atoms with Gasteiger partial charge in [0.15, 0.2) is 0 Å². The summed E-state index contributed by atoms with van der Waals surface area (Å²) in [4.78, 5) is 36.6. The van der Waals surface area contributed by atoms with Gasteiger partial charge in [-0.25, -0.2) is 4.79 Å². The second-order valence-corrected chi connectivity index (χ2v) is 9.80. The summed E-state index contributed by atoms with van der Waals surface area (Å²) in [6.07, 6.45) is 3.92. The Bertz CT molecular complexity index is 1030. The Morgan fingerprint density at radius 2 is 1.60 bits per heavy atom. The van der Waals surface area contributed by atoms with Gasteiger partial charge in [0.1, 0.15) is 6.61 Å². The maximum absolute atomic E-state index is 13.0. The van der Waals surface area contributed by atoms with Crippen LogP contribution in [0.4, 0.5) is 4.79 Å². The molecule has 2 aromatic rings. The Morgan fingerprint density at radius 3 is 2.20 bits per heavy atom. The summed E-state index contributed by atoms with van der Waals surface area (Å²) in [5, 5.41) is 14.8. The third-order valence-electron chi connectivity index (χ3n) is 7.48. The second-order valence-electron chi connectivity index (χ2n) is 9.80. The summed E-state index contributed by atoms with van der Waals surface area (Å²) in [7, 11) is 0. The molecule has 0 heterocycles. The number of ether oxygens (including phenoxy) is 1. The smallest absolute Gasteiger partial charge is 0.407 e. The van der Waals surface area contributed by atoms with Crippen LogP contribution in [0.1, 0.15) is 62.5 Å². The quantitative estimate of drug-likeness (QED) is 0.429. The van der Waals surface area contributed by atoms with Crippen LogP contribution in [-0.4, -0.2) is 42.8 Å². The van der Waals surface area contributed by atoms with Crippen molar-refractivity contribution in [3.05, 3.63) is 59.7 Å². The van der Waals surface area contributed by atoms with E-state index >= 15 is 0 Å². The number of hydrogen-bond donors (Lipinski definition) is 3. The van der Waals surface area contributed by atoms with Gasteiger partial charge in [-0.1, -0.05) is 68.3 Å². The molecule has 2 aromatic carbocycles. The molecule has 1 atom stereocenters. The largest absolute Gasteiger partial charge is 0.481 e. The lowest BCUT2D eigenvalue weighted by Crippen LogP contribution is -2.47. The highest BCUT2D eigenvalue weighted by Gasteiger charge is 2.41. The van der Waals surface area contributed by atoms with Gasteiger partial charge in [0, 0.05) is 19.0 Å². The standard InChI is InChI=1S/C28H34N2O5/c1-19(25(31)32)9-8-16-29-26(33)28(14-6-7-15-28)18-30-27(34)35-17-24-22-12-4-2-10-20(22)21-11-3-5-13-23(21)24/h2-5,10-13,19,24H,6-9,14-18H2,1H3,(H,29,33)(H,30,34)(H,31,32). The van der Waals surface area contributed by atoms with Crippen molar-refractivity contribution >= 4 is 18.0 Å². The van der Waals surface area contributed by atoms with Crippen LogP contribution >= 0.6 is 0 Å². The number of nitrogens with one attached hydrogen (secondary N) is 2. The van der Waals surface area contributed by atoms with Crippen molar-refractivity contribution in [1.82, 2.24) is 10.6 Å². The molecule has 0 radical (unpaired) electrons. The van der Waals surface area contributed by atoms with E-state index in [4.69, 9.17) is 9.84 Å². The number of rotatable bonds is 10. The highest BCUT2D eigenvalue weighted by atomic mass is 16.5. The van der Waals surface area contributed by atoms with Crippen LogP contribution in [0.15, 0.2) is 48.5 Å². The Hall–Kier alpha value is -3.35. The molecular weight excluding hydrogens is 444 g/mol. The summed E-state index contributed by atoms with van der Waals surface area (Å²) >= 11 is 0. The van der Waals surface area contributed by atoms with E-state index in [1.165, 1.54) is 11.1 Å². The molecule has 7 heteroatoms. The summed E-state index contributed by atoms with van der Waals surface area (Å²) in [5.41, 5.74) is 4.04. The monoisotopic (exact) mass is 478 g/mol. The number of benzene rings is 2. The van der Waals surface area contributed by atoms with Gasteiger partial charge >= 0.3 is 12.1 Å². The minimum atomic E-state index is -0.823. The molecule has 0 spiro atoms. The fraction of sp³-hybridized carbons (Fsp3) is 0.464. The number of amides is 2. The molecule has 7 nitrogen and oxygen atoms in total. The molecule has 4 rings (SSSR count). The minimum absolute atomic E-state index is 0.00918. The van der Waals surface area contributed by atoms with E-state index in [2.05, 4.69) is 34.9 Å². The summed E-state index contributed by atoms with van der Waals surface area (Å²) in [5.74, 6) is -1.33. The van der Waals surface area contributed by atoms with Crippen molar-refractivity contribution in [3.63, 3.8) is 0 Å². The number of carbonyl (C=O) groups is 3. The minimum Gasteiger partial charge on any atom is -0.481 e. The maximum Gasteiger partial charge on any atom is 0.407 e. The molecule has 2 aliphatic rings. The fourth-order valence-electron chi connectivity index (χ4n) is 5.35. The first kappa shape index (κ1) is 24.8. The van der Waals surface area contributed by atoms with Crippen molar-refractivity contribution in [2.75, 3.05) is 19.7 Å². The zero-order chi connectivity index (χ0) is 24.8. The Balaban J connectivity index is 1.29. The van der Waals surface area contributed by atoms with Crippen molar-refractivity contribution in [2.45, 2.75) is 51.4 Å². The third-order valence-corrected chi connectivity index (χ3v) is 7.48. The molecular formula is C28H34N2O5. The van der Waals surface area contributed by atoms with E-state index < -0.39 is 23.4 Å². The molecule has 1 unspecified atom stereocenters. The fourth-order valence-corrected chi connectivity index (χ4v) is 5.35. The number of carboxylic acid groups (broad SMARTS) is 1. The van der Waals surface area contributed by atoms with Gasteiger partial charge in [0.25, 0.3) is 0 Å². The van der Waals surface area contributed by atoms with Crippen LogP contribution in [0.25, 0.3) is 11.1 Å². The Morgan fingerprint density at radius 1 is 1.00 bits per heavy atom. The Kier molecular flexibility index (Phi) is 7.73. The normalized spacial score (nSPS) is 16.7. The number of aliphatic carboxylic acids is 1. The van der Waals surface area contributed by atoms with Crippen molar-refractivity contribution in [3.8, 4) is 11.1 Å². The number of carboxylic acids is 1. The molecule has 0 saturated heterocycles. The maximum atomic E-state index is 13.0. The highest BCUT2D eigenvalue weighted by Crippen LogP contribution is 2.44. The van der Waals surface area contributed by atoms with Gasteiger partial charge in [-0.05, 0) is 47.9 Å². The van der Waals surface area contributed by atoms with Gasteiger partial charge in [0.05, 0.1) is 11.3 Å². The van der Waals surface area contributed by atoms with Crippen LogP contribution in [-0.2, 0) is 14.3 Å². The summed E-state index contributed by atoms with van der Waals surface area (Å²) in [6.45, 7) is 2.58. The molecule has 0 aliphatic heterocycles. The van der Waals surface area contributed by atoms with E-state index in [0.717, 1.165) is 24.0 Å². The topological polar surface area (TPSA) is 105 Å². The zero-order valence-corrected chi connectivity index (χ0v) is 20.2. The highest BCUT2D eigenvalue weighted by molar-refractivity contribution is 5.84. The molecule has 0 bridgehead atoms. The van der Waals surface area contributed by atoms with Gasteiger partial charge in [-0.15, -0.1) is 0 Å². The van der Waals surface area contributed by atoms with E-state index in [0.29, 0.717) is 32.2 Å². The molecule has 2 aliphatic carbocycles. The summed E-state index contributed by atoms with van der Waals surface area (Å²) in [6, 6.07) is 16.4. The van der Waals surface area contributed by atoms with Crippen molar-refractivity contribution in [2.24, 2.45) is 11.3 Å². The predicted molar refractivity (Wildman–Crippen MR) is 133 cm³/mol. The lowest BCUT2D eigenvalue weighted by molar-refractivity contribution is -0.141. The summed E-state index contributed by atoms with van der Waals surface area (Å²) < 4.78 is 5.63. The molecule has 186 valence electrons. The number of fused-ring (bicyclic) bond motifs is 3. The van der Waals surface area contributed by atoms with Crippen LogP contribution in [0.5, 0.6) is 0 Å². The van der Waals surface area contributed by atoms with E-state index in [1.54, 1.807) is 6.92 Å². The van der Waals surface area contributed by atoms with Gasteiger partial charge in [0.2, 0.25) is 5.91 Å². The average molecular weight is 479 g/mol. The van der Waals surface area contributed by atoms with Gasteiger partial charge in [-0.2, -0.15) is 0 Å². The Labute approximate surface area is 206 Å². The average Bonchev–Trinajstić information content (AvgIpc) is 3.47. The predicted octanol–water partition coefficient (Wildman–Crippen LogP) is 4.70. The third kappa shape index (κ3) is 5.50. The van der Waals surface area contributed by atoms with E-state index in [9.17, 15) is 14.4 Å². The van der Waals surface area contributed by atoms with Crippen LogP contribution in [0, 0.1) is 11.3 Å². The first-order valence-electron chi connectivity index (χ1n) is 12.5. The lowest BCUT2D eigenvalue weighted by atomic mass is 9.85.